The Labute approximate surface area is 148 Å². The third-order valence-electron chi connectivity index (χ3n) is 4.44. The Kier molecular flexibility index (Phi) is 4.03. The minimum atomic E-state index is -0.103. The highest BCUT2D eigenvalue weighted by Crippen LogP contribution is 2.39. The molecule has 2 heterocycles. The lowest BCUT2D eigenvalue weighted by Gasteiger charge is -2.11. The Balaban J connectivity index is 1.96. The Morgan fingerprint density at radius 1 is 1.04 bits per heavy atom. The summed E-state index contributed by atoms with van der Waals surface area (Å²) < 4.78 is 0.666. The first-order chi connectivity index (χ1) is 12.2. The van der Waals surface area contributed by atoms with Gasteiger partial charge in [-0.15, -0.1) is 11.3 Å². The number of rotatable bonds is 4. The molecule has 2 aromatic heterocycles. The van der Waals surface area contributed by atoms with Crippen molar-refractivity contribution in [1.29, 1.82) is 0 Å². The molecule has 0 aliphatic rings. The van der Waals surface area contributed by atoms with Gasteiger partial charge in [-0.05, 0) is 47.5 Å². The highest BCUT2D eigenvalue weighted by Gasteiger charge is 2.15. The fourth-order valence-corrected chi connectivity index (χ4v) is 4.05. The van der Waals surface area contributed by atoms with E-state index in [9.17, 15) is 9.90 Å². The Bertz CT molecular complexity index is 1110. The summed E-state index contributed by atoms with van der Waals surface area (Å²) in [5.41, 5.74) is 3.38. The summed E-state index contributed by atoms with van der Waals surface area (Å²) in [6.07, 6.45) is 1.55. The van der Waals surface area contributed by atoms with E-state index >= 15 is 0 Å². The van der Waals surface area contributed by atoms with Crippen molar-refractivity contribution in [3.05, 3.63) is 63.8 Å². The summed E-state index contributed by atoms with van der Waals surface area (Å²) in [6, 6.07) is 13.3. The van der Waals surface area contributed by atoms with E-state index in [1.807, 2.05) is 35.7 Å². The van der Waals surface area contributed by atoms with Crippen molar-refractivity contribution in [3.8, 4) is 16.9 Å². The van der Waals surface area contributed by atoms with Gasteiger partial charge in [-0.1, -0.05) is 24.3 Å². The molecule has 0 aliphatic carbocycles. The lowest BCUT2D eigenvalue weighted by Crippen LogP contribution is -2.04. The average Bonchev–Trinajstić information content (AvgIpc) is 3.12. The van der Waals surface area contributed by atoms with Crippen LogP contribution in [-0.2, 0) is 6.42 Å². The van der Waals surface area contributed by atoms with Crippen molar-refractivity contribution in [2.45, 2.75) is 12.8 Å². The van der Waals surface area contributed by atoms with E-state index < -0.39 is 0 Å². The molecule has 126 valence electrons. The largest absolute Gasteiger partial charge is 0.507 e. The van der Waals surface area contributed by atoms with Crippen LogP contribution in [0.2, 0.25) is 0 Å². The number of hydrogen-bond acceptors (Lipinski definition) is 4. The normalized spacial score (nSPS) is 11.4. The molecule has 25 heavy (non-hydrogen) atoms. The lowest BCUT2D eigenvalue weighted by molar-refractivity contribution is 0.288. The zero-order valence-corrected chi connectivity index (χ0v) is 14.3. The Morgan fingerprint density at radius 3 is 2.60 bits per heavy atom. The minimum absolute atomic E-state index is 0.103. The number of H-pyrrole nitrogens is 1. The standard InChI is InChI=1S/C20H17NO3S/c22-10-1-2-12-3-5-13(6-4-12)17-16(23)8-7-15-18(17)14-9-11-25-19(14)20(24)21-15/h3-9,11,22-23H,1-2,10H2,(H,21,24). The van der Waals surface area contributed by atoms with Gasteiger partial charge in [0.2, 0.25) is 0 Å². The maximum absolute atomic E-state index is 12.2. The molecule has 0 saturated heterocycles. The van der Waals surface area contributed by atoms with Gasteiger partial charge in [0.1, 0.15) is 10.4 Å². The number of fused-ring (bicyclic) bond motifs is 3. The molecule has 0 fully saturated rings. The van der Waals surface area contributed by atoms with Crippen LogP contribution in [0.3, 0.4) is 0 Å². The molecule has 0 amide bonds. The number of benzene rings is 2. The monoisotopic (exact) mass is 351 g/mol. The van der Waals surface area contributed by atoms with Crippen LogP contribution in [0.1, 0.15) is 12.0 Å². The molecule has 4 nitrogen and oxygen atoms in total. The second-order valence-electron chi connectivity index (χ2n) is 6.02. The van der Waals surface area contributed by atoms with Crippen molar-refractivity contribution in [3.63, 3.8) is 0 Å². The number of nitrogens with one attached hydrogen (secondary N) is 1. The number of phenolic OH excluding ortho intramolecular Hbond substituents is 1. The van der Waals surface area contributed by atoms with Crippen molar-refractivity contribution in [2.75, 3.05) is 6.61 Å². The number of aromatic nitrogens is 1. The molecular weight excluding hydrogens is 334 g/mol. The Hall–Kier alpha value is -2.63. The molecule has 0 bridgehead atoms. The van der Waals surface area contributed by atoms with Crippen molar-refractivity contribution in [1.82, 2.24) is 4.98 Å². The Morgan fingerprint density at radius 2 is 1.84 bits per heavy atom. The number of pyridine rings is 1. The lowest BCUT2D eigenvalue weighted by atomic mass is 9.96. The zero-order chi connectivity index (χ0) is 17.4. The van der Waals surface area contributed by atoms with Crippen molar-refractivity contribution >= 4 is 32.3 Å². The van der Waals surface area contributed by atoms with E-state index in [1.54, 1.807) is 12.1 Å². The first-order valence-electron chi connectivity index (χ1n) is 8.14. The quantitative estimate of drug-likeness (QED) is 0.519. The van der Waals surface area contributed by atoms with Crippen LogP contribution >= 0.6 is 11.3 Å². The maximum atomic E-state index is 12.2. The van der Waals surface area contributed by atoms with Gasteiger partial charge in [-0.25, -0.2) is 0 Å². The topological polar surface area (TPSA) is 73.3 Å². The number of aromatic amines is 1. The van der Waals surface area contributed by atoms with Gasteiger partial charge in [0.15, 0.2) is 0 Å². The molecule has 5 heteroatoms. The summed E-state index contributed by atoms with van der Waals surface area (Å²) in [6.45, 7) is 0.176. The number of thiophene rings is 1. The van der Waals surface area contributed by atoms with E-state index in [-0.39, 0.29) is 17.9 Å². The predicted octanol–water partition coefficient (Wildman–Crippen LogP) is 4.04. The molecule has 0 radical (unpaired) electrons. The zero-order valence-electron chi connectivity index (χ0n) is 13.5. The molecule has 0 spiro atoms. The van der Waals surface area contributed by atoms with Crippen LogP contribution in [0.5, 0.6) is 5.75 Å². The van der Waals surface area contributed by atoms with Gasteiger partial charge >= 0.3 is 0 Å². The minimum Gasteiger partial charge on any atom is -0.507 e. The van der Waals surface area contributed by atoms with Crippen molar-refractivity contribution in [2.24, 2.45) is 0 Å². The molecule has 3 N–H and O–H groups in total. The summed E-state index contributed by atoms with van der Waals surface area (Å²) in [5.74, 6) is 0.190. The number of phenols is 1. The van der Waals surface area contributed by atoms with E-state index in [1.165, 1.54) is 11.3 Å². The summed E-state index contributed by atoms with van der Waals surface area (Å²) in [7, 11) is 0. The van der Waals surface area contributed by atoms with Crippen LogP contribution in [0.25, 0.3) is 32.1 Å². The van der Waals surface area contributed by atoms with Crippen LogP contribution in [0.4, 0.5) is 0 Å². The van der Waals surface area contributed by atoms with E-state index in [4.69, 9.17) is 5.11 Å². The van der Waals surface area contributed by atoms with Crippen LogP contribution in [0, 0.1) is 0 Å². The fraction of sp³-hybridized carbons (Fsp3) is 0.150. The van der Waals surface area contributed by atoms with E-state index in [0.717, 1.165) is 40.3 Å². The number of aliphatic hydroxyl groups excluding tert-OH is 1. The highest BCUT2D eigenvalue weighted by molar-refractivity contribution is 7.17. The number of hydrogen-bond donors (Lipinski definition) is 3. The summed E-state index contributed by atoms with van der Waals surface area (Å²) >= 11 is 1.40. The molecule has 0 unspecified atom stereocenters. The first-order valence-corrected chi connectivity index (χ1v) is 9.02. The van der Waals surface area contributed by atoms with E-state index in [2.05, 4.69) is 4.98 Å². The van der Waals surface area contributed by atoms with Crippen LogP contribution in [-0.4, -0.2) is 21.8 Å². The number of aryl methyl sites for hydroxylation is 1. The fourth-order valence-electron chi connectivity index (χ4n) is 3.25. The number of aromatic hydroxyl groups is 1. The second kappa shape index (κ2) is 6.35. The van der Waals surface area contributed by atoms with Gasteiger partial charge in [0.25, 0.3) is 5.56 Å². The van der Waals surface area contributed by atoms with Crippen LogP contribution in [0.15, 0.2) is 52.6 Å². The first kappa shape index (κ1) is 15.9. The maximum Gasteiger partial charge on any atom is 0.266 e. The van der Waals surface area contributed by atoms with E-state index in [0.29, 0.717) is 10.2 Å². The summed E-state index contributed by atoms with van der Waals surface area (Å²) in [5, 5.41) is 23.1. The average molecular weight is 351 g/mol. The molecule has 4 aromatic rings. The highest BCUT2D eigenvalue weighted by atomic mass is 32.1. The second-order valence-corrected chi connectivity index (χ2v) is 6.94. The summed E-state index contributed by atoms with van der Waals surface area (Å²) in [4.78, 5) is 15.1. The molecule has 0 aliphatic heterocycles. The molecular formula is C20H17NO3S. The van der Waals surface area contributed by atoms with Crippen LogP contribution < -0.4 is 5.56 Å². The van der Waals surface area contributed by atoms with Gasteiger partial charge in [0.05, 0.1) is 0 Å². The van der Waals surface area contributed by atoms with Gasteiger partial charge in [-0.3, -0.25) is 4.79 Å². The van der Waals surface area contributed by atoms with Gasteiger partial charge in [-0.2, -0.15) is 0 Å². The molecule has 0 atom stereocenters. The third-order valence-corrected chi connectivity index (χ3v) is 5.35. The van der Waals surface area contributed by atoms with Crippen molar-refractivity contribution < 1.29 is 10.2 Å². The number of aliphatic hydroxyl groups is 1. The predicted molar refractivity (Wildman–Crippen MR) is 102 cm³/mol. The SMILES string of the molecule is O=c1[nH]c2ccc(O)c(-c3ccc(CCCO)cc3)c2c2ccsc12. The molecule has 0 saturated carbocycles. The smallest absolute Gasteiger partial charge is 0.266 e. The van der Waals surface area contributed by atoms with Gasteiger partial charge < -0.3 is 15.2 Å². The molecule has 4 rings (SSSR count). The molecule has 2 aromatic carbocycles. The third kappa shape index (κ3) is 2.71. The van der Waals surface area contributed by atoms with Gasteiger partial charge in [0, 0.05) is 28.5 Å².